The molecule has 0 aliphatic heterocycles. The van der Waals surface area contributed by atoms with E-state index in [2.05, 4.69) is 18.8 Å². The van der Waals surface area contributed by atoms with Gasteiger partial charge in [-0.3, -0.25) is 4.98 Å². The summed E-state index contributed by atoms with van der Waals surface area (Å²) in [6, 6.07) is 0. The van der Waals surface area contributed by atoms with Crippen molar-refractivity contribution in [2.45, 2.75) is 116 Å². The Bertz CT molecular complexity index is 435. The normalized spacial score (nSPS) is 12.6. The minimum atomic E-state index is -0.335. The highest BCUT2D eigenvalue weighted by Gasteiger charge is 2.08. The minimum absolute atomic E-state index is 0.335. The third kappa shape index (κ3) is 10.7. The van der Waals surface area contributed by atoms with Crippen molar-refractivity contribution >= 4 is 0 Å². The Labute approximate surface area is 148 Å². The van der Waals surface area contributed by atoms with E-state index in [1.54, 1.807) is 6.26 Å². The molecule has 0 bridgehead atoms. The fraction of sp³-hybridized carbons (Fsp3) is 0.857. The zero-order chi connectivity index (χ0) is 17.5. The summed E-state index contributed by atoms with van der Waals surface area (Å²) in [6.45, 7) is 4.44. The molecule has 0 saturated carbocycles. The highest BCUT2D eigenvalue weighted by Crippen LogP contribution is 2.20. The summed E-state index contributed by atoms with van der Waals surface area (Å²) in [5.74, 6) is 0.0617. The molecule has 0 amide bonds. The number of aromatic nitrogens is 1. The van der Waals surface area contributed by atoms with Gasteiger partial charge in [-0.2, -0.15) is 0 Å². The number of nitrogens with one attached hydrogen (secondary N) is 1. The Kier molecular flexibility index (Phi) is 12.6. The van der Waals surface area contributed by atoms with Crippen molar-refractivity contribution in [3.05, 3.63) is 22.5 Å². The first kappa shape index (κ1) is 21.1. The Morgan fingerprint density at radius 3 is 1.71 bits per heavy atom. The van der Waals surface area contributed by atoms with Crippen molar-refractivity contribution in [2.75, 3.05) is 0 Å². The van der Waals surface area contributed by atoms with Crippen LogP contribution < -0.4 is 5.76 Å². The molecule has 24 heavy (non-hydrogen) atoms. The Morgan fingerprint density at radius 1 is 0.833 bits per heavy atom. The van der Waals surface area contributed by atoms with Gasteiger partial charge in [0.1, 0.15) is 6.26 Å². The van der Waals surface area contributed by atoms with Gasteiger partial charge in [0.25, 0.3) is 0 Å². The van der Waals surface area contributed by atoms with Crippen LogP contribution in [0, 0.1) is 0 Å². The van der Waals surface area contributed by atoms with E-state index in [4.69, 9.17) is 4.42 Å². The van der Waals surface area contributed by atoms with Crippen molar-refractivity contribution in [3.63, 3.8) is 0 Å². The lowest BCUT2D eigenvalue weighted by atomic mass is 9.99. The topological polar surface area (TPSA) is 46.0 Å². The van der Waals surface area contributed by atoms with E-state index in [1.807, 2.05) is 0 Å². The van der Waals surface area contributed by atoms with E-state index in [0.717, 1.165) is 12.1 Å². The van der Waals surface area contributed by atoms with Gasteiger partial charge in [-0.25, -0.2) is 4.79 Å². The number of hydrogen-bond acceptors (Lipinski definition) is 2. The fourth-order valence-electron chi connectivity index (χ4n) is 3.33. The van der Waals surface area contributed by atoms with Crippen molar-refractivity contribution < 1.29 is 4.42 Å². The molecule has 1 heterocycles. The quantitative estimate of drug-likeness (QED) is 0.332. The largest absolute Gasteiger partial charge is 0.416 e. The summed E-state index contributed by atoms with van der Waals surface area (Å²) in [7, 11) is 0. The maximum Gasteiger partial charge on any atom is 0.416 e. The summed E-state index contributed by atoms with van der Waals surface area (Å²) < 4.78 is 4.80. The third-order valence-electron chi connectivity index (χ3n) is 5.06. The molecular weight excluding hydrogens is 298 g/mol. The van der Waals surface area contributed by atoms with Crippen LogP contribution in [0.4, 0.5) is 0 Å². The molecule has 1 unspecified atom stereocenters. The zero-order valence-corrected chi connectivity index (χ0v) is 16.1. The van der Waals surface area contributed by atoms with Crippen molar-refractivity contribution in [1.29, 1.82) is 0 Å². The summed E-state index contributed by atoms with van der Waals surface area (Å²) in [6.07, 6.45) is 22.2. The maximum atomic E-state index is 11.0. The number of rotatable bonds is 16. The van der Waals surface area contributed by atoms with Crippen LogP contribution in [0.25, 0.3) is 0 Å². The number of hydrogen-bond donors (Lipinski definition) is 1. The van der Waals surface area contributed by atoms with Crippen LogP contribution in [0.1, 0.15) is 122 Å². The van der Waals surface area contributed by atoms with Gasteiger partial charge in [0.2, 0.25) is 0 Å². The number of oxazole rings is 1. The van der Waals surface area contributed by atoms with Crippen molar-refractivity contribution in [3.8, 4) is 0 Å². The SMILES string of the molecule is CCCCCCCCCCCCCCCCC(C)c1coc(=O)[nH]1. The summed E-state index contributed by atoms with van der Waals surface area (Å²) in [5, 5.41) is 0. The monoisotopic (exact) mass is 337 g/mol. The molecule has 1 N–H and O–H groups in total. The molecule has 0 aliphatic rings. The molecule has 3 nitrogen and oxygen atoms in total. The first-order valence-electron chi connectivity index (χ1n) is 10.4. The molecule has 1 aromatic rings. The summed E-state index contributed by atoms with van der Waals surface area (Å²) in [4.78, 5) is 13.7. The molecular formula is C21H39NO2. The zero-order valence-electron chi connectivity index (χ0n) is 16.1. The average Bonchev–Trinajstić information content (AvgIpc) is 3.01. The van der Waals surface area contributed by atoms with Crippen molar-refractivity contribution in [1.82, 2.24) is 4.98 Å². The predicted octanol–water partition coefficient (Wildman–Crippen LogP) is 6.94. The molecule has 0 spiro atoms. The van der Waals surface area contributed by atoms with Gasteiger partial charge < -0.3 is 4.42 Å². The van der Waals surface area contributed by atoms with Crippen LogP contribution in [0.15, 0.2) is 15.5 Å². The maximum absolute atomic E-state index is 11.0. The van der Waals surface area contributed by atoms with E-state index in [0.29, 0.717) is 5.92 Å². The number of H-pyrrole nitrogens is 1. The Hall–Kier alpha value is -0.990. The van der Waals surface area contributed by atoms with E-state index < -0.39 is 0 Å². The predicted molar refractivity (Wildman–Crippen MR) is 103 cm³/mol. The highest BCUT2D eigenvalue weighted by atomic mass is 16.4. The van der Waals surface area contributed by atoms with E-state index >= 15 is 0 Å². The van der Waals surface area contributed by atoms with E-state index in [-0.39, 0.29) is 5.76 Å². The Morgan fingerprint density at radius 2 is 1.29 bits per heavy atom. The van der Waals surface area contributed by atoms with Gasteiger partial charge in [-0.05, 0) is 12.3 Å². The van der Waals surface area contributed by atoms with E-state index in [1.165, 1.54) is 89.9 Å². The lowest BCUT2D eigenvalue weighted by Crippen LogP contribution is -2.00. The van der Waals surface area contributed by atoms with Gasteiger partial charge >= 0.3 is 5.76 Å². The van der Waals surface area contributed by atoms with Crippen LogP contribution in [-0.2, 0) is 0 Å². The highest BCUT2D eigenvalue weighted by molar-refractivity contribution is 4.98. The molecule has 1 atom stereocenters. The van der Waals surface area contributed by atoms with Crippen LogP contribution in [0.2, 0.25) is 0 Å². The Balaban J connectivity index is 1.80. The lowest BCUT2D eigenvalue weighted by molar-refractivity contribution is 0.510. The molecule has 1 rings (SSSR count). The fourth-order valence-corrected chi connectivity index (χ4v) is 3.33. The smallest absolute Gasteiger partial charge is 0.416 e. The van der Waals surface area contributed by atoms with Gasteiger partial charge in [-0.1, -0.05) is 104 Å². The number of aromatic amines is 1. The second kappa shape index (κ2) is 14.4. The van der Waals surface area contributed by atoms with Gasteiger partial charge in [0, 0.05) is 0 Å². The van der Waals surface area contributed by atoms with Crippen LogP contribution in [-0.4, -0.2) is 4.98 Å². The van der Waals surface area contributed by atoms with Gasteiger partial charge in [-0.15, -0.1) is 0 Å². The summed E-state index contributed by atoms with van der Waals surface area (Å²) in [5.41, 5.74) is 0.940. The van der Waals surface area contributed by atoms with Gasteiger partial charge in [0.05, 0.1) is 5.69 Å². The molecule has 0 saturated heterocycles. The number of unbranched alkanes of at least 4 members (excludes halogenated alkanes) is 13. The average molecular weight is 338 g/mol. The van der Waals surface area contributed by atoms with E-state index in [9.17, 15) is 4.79 Å². The second-order valence-corrected chi connectivity index (χ2v) is 7.39. The van der Waals surface area contributed by atoms with Crippen LogP contribution in [0.5, 0.6) is 0 Å². The lowest BCUT2D eigenvalue weighted by Gasteiger charge is -2.08. The molecule has 140 valence electrons. The second-order valence-electron chi connectivity index (χ2n) is 7.39. The summed E-state index contributed by atoms with van der Waals surface area (Å²) >= 11 is 0. The van der Waals surface area contributed by atoms with Gasteiger partial charge in [0.15, 0.2) is 0 Å². The first-order chi connectivity index (χ1) is 11.7. The molecule has 0 aromatic carbocycles. The van der Waals surface area contributed by atoms with Crippen LogP contribution >= 0.6 is 0 Å². The molecule has 1 aromatic heterocycles. The standard InChI is InChI=1S/C21H39NO2/c1-3-4-5-6-7-8-9-10-11-12-13-14-15-16-17-19(2)20-18-24-21(23)22-20/h18-19H,3-17H2,1-2H3,(H,22,23). The molecule has 0 radical (unpaired) electrons. The molecule has 0 fully saturated rings. The third-order valence-corrected chi connectivity index (χ3v) is 5.06. The molecule has 3 heteroatoms. The molecule has 0 aliphatic carbocycles. The minimum Gasteiger partial charge on any atom is -0.416 e. The first-order valence-corrected chi connectivity index (χ1v) is 10.4. The van der Waals surface area contributed by atoms with Crippen LogP contribution in [0.3, 0.4) is 0 Å². The van der Waals surface area contributed by atoms with Crippen molar-refractivity contribution in [2.24, 2.45) is 0 Å².